The summed E-state index contributed by atoms with van der Waals surface area (Å²) >= 11 is 0. The van der Waals surface area contributed by atoms with Crippen molar-refractivity contribution in [2.24, 2.45) is 5.41 Å². The topological polar surface area (TPSA) is 32.3 Å². The van der Waals surface area contributed by atoms with Crippen LogP contribution in [0, 0.1) is 5.41 Å². The molecule has 0 saturated carbocycles. The Labute approximate surface area is 55.7 Å². The van der Waals surface area contributed by atoms with Crippen LogP contribution in [0.15, 0.2) is 0 Å². The van der Waals surface area contributed by atoms with Gasteiger partial charge < -0.3 is 10.4 Å². The number of rotatable bonds is 1. The molecule has 0 aromatic heterocycles. The number of halogens is 1. The van der Waals surface area contributed by atoms with E-state index in [2.05, 4.69) is 12.2 Å². The van der Waals surface area contributed by atoms with Crippen LogP contribution in [-0.4, -0.2) is 24.8 Å². The van der Waals surface area contributed by atoms with Crippen LogP contribution in [0.4, 0.5) is 0 Å². The smallest absolute Gasteiger partial charge is 0.0509 e. The number of aliphatic hydroxyl groups is 1. The Bertz CT molecular complexity index is 67.3. The van der Waals surface area contributed by atoms with Gasteiger partial charge in [0.25, 0.3) is 0 Å². The molecule has 0 aliphatic carbocycles. The summed E-state index contributed by atoms with van der Waals surface area (Å²) in [5, 5.41) is 11.7. The van der Waals surface area contributed by atoms with Gasteiger partial charge in [-0.25, -0.2) is 0 Å². The van der Waals surface area contributed by atoms with E-state index in [9.17, 15) is 0 Å². The third kappa shape index (κ3) is 1.34. The maximum atomic E-state index is 8.61. The van der Waals surface area contributed by atoms with Crippen LogP contribution in [0.25, 0.3) is 0 Å². The van der Waals surface area contributed by atoms with E-state index < -0.39 is 0 Å². The molecule has 1 aliphatic rings. The number of hydrogen-bond donors (Lipinski definition) is 2. The third-order valence-electron chi connectivity index (χ3n) is 1.49. The lowest BCUT2D eigenvalue weighted by Crippen LogP contribution is -2.53. The Hall–Kier alpha value is 0.210. The van der Waals surface area contributed by atoms with Gasteiger partial charge in [-0.2, -0.15) is 0 Å². The van der Waals surface area contributed by atoms with Crippen LogP contribution in [0.3, 0.4) is 0 Å². The molecule has 0 amide bonds. The van der Waals surface area contributed by atoms with Crippen molar-refractivity contribution in [1.29, 1.82) is 0 Å². The first kappa shape index (κ1) is 8.21. The normalized spacial score (nSPS) is 23.2. The number of hydrogen-bond acceptors (Lipinski definition) is 2. The summed E-state index contributed by atoms with van der Waals surface area (Å²) in [5.74, 6) is 0. The van der Waals surface area contributed by atoms with Crippen molar-refractivity contribution in [3.8, 4) is 0 Å². The second kappa shape index (κ2) is 2.67. The molecule has 50 valence electrons. The highest BCUT2D eigenvalue weighted by Gasteiger charge is 2.29. The van der Waals surface area contributed by atoms with E-state index >= 15 is 0 Å². The highest BCUT2D eigenvalue weighted by atomic mass is 35.5. The van der Waals surface area contributed by atoms with Gasteiger partial charge in [0.05, 0.1) is 6.61 Å². The molecule has 1 fully saturated rings. The molecule has 1 saturated heterocycles. The zero-order valence-corrected chi connectivity index (χ0v) is 5.79. The largest absolute Gasteiger partial charge is 0.396 e. The molecule has 2 nitrogen and oxygen atoms in total. The van der Waals surface area contributed by atoms with E-state index in [0.29, 0.717) is 6.61 Å². The molecule has 1 aliphatic heterocycles. The summed E-state index contributed by atoms with van der Waals surface area (Å²) in [7, 11) is 0. The average Bonchev–Trinajstić information content (AvgIpc) is 1.61. The second-order valence-corrected chi connectivity index (χ2v) is 2.57. The molecule has 1 heterocycles. The van der Waals surface area contributed by atoms with Gasteiger partial charge in [-0.1, -0.05) is 6.92 Å². The molecule has 0 atom stereocenters. The SMILES string of the molecule is CC1(CO)CNC1.Cl. The van der Waals surface area contributed by atoms with Crippen LogP contribution >= 0.6 is 12.4 Å². The van der Waals surface area contributed by atoms with Crippen molar-refractivity contribution < 1.29 is 5.11 Å². The summed E-state index contributed by atoms with van der Waals surface area (Å²) in [6, 6.07) is 0. The lowest BCUT2D eigenvalue weighted by molar-refractivity contribution is 0.0871. The Balaban J connectivity index is 0.000000490. The van der Waals surface area contributed by atoms with E-state index in [0.717, 1.165) is 13.1 Å². The fourth-order valence-corrected chi connectivity index (χ4v) is 0.664. The van der Waals surface area contributed by atoms with Gasteiger partial charge in [0.2, 0.25) is 0 Å². The first-order valence-corrected chi connectivity index (χ1v) is 2.58. The molecular formula is C5H12ClNO. The minimum absolute atomic E-state index is 0. The van der Waals surface area contributed by atoms with Crippen molar-refractivity contribution in [3.05, 3.63) is 0 Å². The highest BCUT2D eigenvalue weighted by molar-refractivity contribution is 5.85. The van der Waals surface area contributed by atoms with Gasteiger partial charge >= 0.3 is 0 Å². The van der Waals surface area contributed by atoms with E-state index in [4.69, 9.17) is 5.11 Å². The molecule has 0 aromatic rings. The summed E-state index contributed by atoms with van der Waals surface area (Å²) in [5.41, 5.74) is 0.208. The summed E-state index contributed by atoms with van der Waals surface area (Å²) in [6.45, 7) is 4.34. The van der Waals surface area contributed by atoms with Crippen LogP contribution in [0.1, 0.15) is 6.92 Å². The molecule has 0 aromatic carbocycles. The van der Waals surface area contributed by atoms with Crippen molar-refractivity contribution in [1.82, 2.24) is 5.32 Å². The van der Waals surface area contributed by atoms with Crippen LogP contribution < -0.4 is 5.32 Å². The zero-order valence-electron chi connectivity index (χ0n) is 4.98. The van der Waals surface area contributed by atoms with E-state index in [1.165, 1.54) is 0 Å². The minimum atomic E-state index is 0. The van der Waals surface area contributed by atoms with Crippen molar-refractivity contribution >= 4 is 12.4 Å². The highest BCUT2D eigenvalue weighted by Crippen LogP contribution is 2.18. The van der Waals surface area contributed by atoms with Crippen molar-refractivity contribution in [2.45, 2.75) is 6.92 Å². The molecular weight excluding hydrogens is 126 g/mol. The second-order valence-electron chi connectivity index (χ2n) is 2.57. The summed E-state index contributed by atoms with van der Waals surface area (Å²) in [4.78, 5) is 0. The molecule has 0 radical (unpaired) electrons. The standard InChI is InChI=1S/C5H11NO.ClH/c1-5(4-7)2-6-3-5;/h6-7H,2-4H2,1H3;1H. The molecule has 0 spiro atoms. The van der Waals surface area contributed by atoms with Crippen molar-refractivity contribution in [2.75, 3.05) is 19.7 Å². The first-order valence-electron chi connectivity index (χ1n) is 2.58. The monoisotopic (exact) mass is 137 g/mol. The number of aliphatic hydroxyl groups excluding tert-OH is 1. The zero-order chi connectivity index (χ0) is 5.33. The van der Waals surface area contributed by atoms with Gasteiger partial charge in [-0.3, -0.25) is 0 Å². The Morgan fingerprint density at radius 1 is 1.62 bits per heavy atom. The predicted molar refractivity (Wildman–Crippen MR) is 35.3 cm³/mol. The fraction of sp³-hybridized carbons (Fsp3) is 1.00. The number of nitrogens with one attached hydrogen (secondary N) is 1. The van der Waals surface area contributed by atoms with Gasteiger partial charge in [0.15, 0.2) is 0 Å². The van der Waals surface area contributed by atoms with Crippen molar-refractivity contribution in [3.63, 3.8) is 0 Å². The van der Waals surface area contributed by atoms with Crippen LogP contribution in [0.2, 0.25) is 0 Å². The van der Waals surface area contributed by atoms with Gasteiger partial charge in [-0.15, -0.1) is 12.4 Å². The Morgan fingerprint density at radius 3 is 2.12 bits per heavy atom. The average molecular weight is 138 g/mol. The molecule has 1 rings (SSSR count). The predicted octanol–water partition coefficient (Wildman–Crippen LogP) is 0.01000. The quantitative estimate of drug-likeness (QED) is 0.534. The first-order chi connectivity index (χ1) is 3.27. The van der Waals surface area contributed by atoms with E-state index in [1.807, 2.05) is 0 Å². The van der Waals surface area contributed by atoms with Gasteiger partial charge in [-0.05, 0) is 0 Å². The van der Waals surface area contributed by atoms with E-state index in [1.54, 1.807) is 0 Å². The minimum Gasteiger partial charge on any atom is -0.396 e. The maximum absolute atomic E-state index is 8.61. The van der Waals surface area contributed by atoms with Crippen LogP contribution in [-0.2, 0) is 0 Å². The summed E-state index contributed by atoms with van der Waals surface area (Å²) in [6.07, 6.45) is 0. The maximum Gasteiger partial charge on any atom is 0.0509 e. The molecule has 0 bridgehead atoms. The Kier molecular flexibility index (Phi) is 2.74. The molecule has 3 heteroatoms. The molecule has 8 heavy (non-hydrogen) atoms. The Morgan fingerprint density at radius 2 is 2.12 bits per heavy atom. The summed E-state index contributed by atoms with van der Waals surface area (Å²) < 4.78 is 0. The van der Waals surface area contributed by atoms with Crippen LogP contribution in [0.5, 0.6) is 0 Å². The van der Waals surface area contributed by atoms with Gasteiger partial charge in [0, 0.05) is 18.5 Å². The molecule has 0 unspecified atom stereocenters. The lowest BCUT2D eigenvalue weighted by atomic mass is 9.85. The fourth-order valence-electron chi connectivity index (χ4n) is 0.664. The molecule has 2 N–H and O–H groups in total. The third-order valence-corrected chi connectivity index (χ3v) is 1.49. The lowest BCUT2D eigenvalue weighted by Gasteiger charge is -2.37. The van der Waals surface area contributed by atoms with Gasteiger partial charge in [0.1, 0.15) is 0 Å². The van der Waals surface area contributed by atoms with E-state index in [-0.39, 0.29) is 17.8 Å².